The Bertz CT molecular complexity index is 781. The SMILES string of the molecule is O=C(O)c1ncncc1Nc1cccc2ccccc12. The summed E-state index contributed by atoms with van der Waals surface area (Å²) >= 11 is 0. The lowest BCUT2D eigenvalue weighted by Crippen LogP contribution is -2.06. The number of fused-ring (bicyclic) bond motifs is 1. The molecule has 0 amide bonds. The Labute approximate surface area is 114 Å². The number of aromatic nitrogens is 2. The Morgan fingerprint density at radius 1 is 1.05 bits per heavy atom. The first-order valence-electron chi connectivity index (χ1n) is 6.04. The molecule has 5 heteroatoms. The molecule has 0 unspecified atom stereocenters. The Kier molecular flexibility index (Phi) is 3.01. The third-order valence-electron chi connectivity index (χ3n) is 2.97. The molecule has 0 aliphatic carbocycles. The van der Waals surface area contributed by atoms with E-state index in [0.717, 1.165) is 16.5 Å². The van der Waals surface area contributed by atoms with Crippen molar-refractivity contribution in [3.63, 3.8) is 0 Å². The van der Waals surface area contributed by atoms with Gasteiger partial charge in [-0.1, -0.05) is 36.4 Å². The Balaban J connectivity index is 2.08. The van der Waals surface area contributed by atoms with Crippen molar-refractivity contribution in [2.45, 2.75) is 0 Å². The lowest BCUT2D eigenvalue weighted by molar-refractivity contribution is 0.0691. The number of carbonyl (C=O) groups is 1. The molecule has 3 rings (SSSR count). The second kappa shape index (κ2) is 4.97. The zero-order valence-corrected chi connectivity index (χ0v) is 10.4. The van der Waals surface area contributed by atoms with Crippen LogP contribution in [-0.2, 0) is 0 Å². The fraction of sp³-hybridized carbons (Fsp3) is 0. The van der Waals surface area contributed by atoms with Gasteiger partial charge in [-0.2, -0.15) is 0 Å². The molecule has 0 aliphatic rings. The van der Waals surface area contributed by atoms with Crippen LogP contribution in [0.5, 0.6) is 0 Å². The Hall–Kier alpha value is -2.95. The van der Waals surface area contributed by atoms with Gasteiger partial charge in [-0.3, -0.25) is 0 Å². The van der Waals surface area contributed by atoms with Crippen LogP contribution in [0.25, 0.3) is 10.8 Å². The van der Waals surface area contributed by atoms with Crippen molar-refractivity contribution in [2.24, 2.45) is 0 Å². The zero-order valence-electron chi connectivity index (χ0n) is 10.4. The number of nitrogens with one attached hydrogen (secondary N) is 1. The van der Waals surface area contributed by atoms with Gasteiger partial charge in [0.2, 0.25) is 0 Å². The maximum Gasteiger partial charge on any atom is 0.356 e. The highest BCUT2D eigenvalue weighted by atomic mass is 16.4. The molecule has 0 saturated heterocycles. The number of nitrogens with zero attached hydrogens (tertiary/aromatic N) is 2. The van der Waals surface area contributed by atoms with Crippen LogP contribution in [0.1, 0.15) is 10.5 Å². The average Bonchev–Trinajstić information content (AvgIpc) is 2.48. The Morgan fingerprint density at radius 3 is 2.70 bits per heavy atom. The van der Waals surface area contributed by atoms with Gasteiger partial charge < -0.3 is 10.4 Å². The number of benzene rings is 2. The van der Waals surface area contributed by atoms with Crippen LogP contribution < -0.4 is 5.32 Å². The summed E-state index contributed by atoms with van der Waals surface area (Å²) in [4.78, 5) is 18.8. The molecule has 2 N–H and O–H groups in total. The highest BCUT2D eigenvalue weighted by Gasteiger charge is 2.12. The van der Waals surface area contributed by atoms with E-state index < -0.39 is 5.97 Å². The number of carboxylic acid groups (broad SMARTS) is 1. The van der Waals surface area contributed by atoms with Crippen molar-refractivity contribution in [1.82, 2.24) is 9.97 Å². The quantitative estimate of drug-likeness (QED) is 0.761. The van der Waals surface area contributed by atoms with E-state index in [1.807, 2.05) is 42.5 Å². The summed E-state index contributed by atoms with van der Waals surface area (Å²) in [6.45, 7) is 0. The highest BCUT2D eigenvalue weighted by molar-refractivity contribution is 5.98. The molecule has 0 bridgehead atoms. The summed E-state index contributed by atoms with van der Waals surface area (Å²) in [5.41, 5.74) is 1.14. The zero-order chi connectivity index (χ0) is 13.9. The average molecular weight is 265 g/mol. The predicted molar refractivity (Wildman–Crippen MR) is 76.2 cm³/mol. The normalized spacial score (nSPS) is 10.4. The van der Waals surface area contributed by atoms with Crippen molar-refractivity contribution < 1.29 is 9.90 Å². The van der Waals surface area contributed by atoms with Crippen LogP contribution in [0.15, 0.2) is 55.0 Å². The van der Waals surface area contributed by atoms with Crippen molar-refractivity contribution in [3.8, 4) is 0 Å². The molecule has 0 spiro atoms. The van der Waals surface area contributed by atoms with Crippen LogP contribution in [0.2, 0.25) is 0 Å². The molecule has 0 radical (unpaired) electrons. The van der Waals surface area contributed by atoms with E-state index in [1.54, 1.807) is 0 Å². The molecule has 5 nitrogen and oxygen atoms in total. The minimum Gasteiger partial charge on any atom is -0.476 e. The molecule has 1 aromatic heterocycles. The van der Waals surface area contributed by atoms with Crippen molar-refractivity contribution >= 4 is 28.1 Å². The van der Waals surface area contributed by atoms with Crippen LogP contribution in [0, 0.1) is 0 Å². The van der Waals surface area contributed by atoms with Gasteiger partial charge in [0.25, 0.3) is 0 Å². The molecule has 98 valence electrons. The van der Waals surface area contributed by atoms with Crippen LogP contribution in [0.3, 0.4) is 0 Å². The molecule has 3 aromatic rings. The number of hydrogen-bond donors (Lipinski definition) is 2. The number of rotatable bonds is 3. The van der Waals surface area contributed by atoms with Gasteiger partial charge in [-0.05, 0) is 11.5 Å². The predicted octanol–water partition coefficient (Wildman–Crippen LogP) is 3.07. The summed E-state index contributed by atoms with van der Waals surface area (Å²) in [7, 11) is 0. The van der Waals surface area contributed by atoms with E-state index in [1.165, 1.54) is 12.5 Å². The maximum atomic E-state index is 11.1. The first-order chi connectivity index (χ1) is 9.75. The Morgan fingerprint density at radius 2 is 1.85 bits per heavy atom. The summed E-state index contributed by atoms with van der Waals surface area (Å²) in [5, 5.41) is 14.3. The lowest BCUT2D eigenvalue weighted by atomic mass is 10.1. The molecule has 2 aromatic carbocycles. The van der Waals surface area contributed by atoms with Crippen LogP contribution in [-0.4, -0.2) is 21.0 Å². The van der Waals surface area contributed by atoms with Crippen LogP contribution >= 0.6 is 0 Å². The van der Waals surface area contributed by atoms with E-state index in [4.69, 9.17) is 5.11 Å². The maximum absolute atomic E-state index is 11.1. The van der Waals surface area contributed by atoms with E-state index in [0.29, 0.717) is 5.69 Å². The van der Waals surface area contributed by atoms with E-state index in [-0.39, 0.29) is 5.69 Å². The molecule has 1 heterocycles. The minimum absolute atomic E-state index is 0.0482. The van der Waals surface area contributed by atoms with Crippen molar-refractivity contribution in [3.05, 3.63) is 60.7 Å². The molecule has 20 heavy (non-hydrogen) atoms. The van der Waals surface area contributed by atoms with Gasteiger partial charge in [0.15, 0.2) is 5.69 Å². The third kappa shape index (κ3) is 2.16. The molecule has 0 aliphatic heterocycles. The van der Waals surface area contributed by atoms with Crippen molar-refractivity contribution in [1.29, 1.82) is 0 Å². The lowest BCUT2D eigenvalue weighted by Gasteiger charge is -2.10. The molecular formula is C15H11N3O2. The van der Waals surface area contributed by atoms with Gasteiger partial charge in [-0.25, -0.2) is 14.8 Å². The minimum atomic E-state index is -1.09. The largest absolute Gasteiger partial charge is 0.476 e. The number of carboxylic acids is 1. The van der Waals surface area contributed by atoms with E-state index in [2.05, 4.69) is 15.3 Å². The molecular weight excluding hydrogens is 254 g/mol. The van der Waals surface area contributed by atoms with Gasteiger partial charge in [0, 0.05) is 11.1 Å². The second-order valence-corrected chi connectivity index (χ2v) is 4.24. The first kappa shape index (κ1) is 12.1. The summed E-state index contributed by atoms with van der Waals surface area (Å²) in [5.74, 6) is -1.09. The highest BCUT2D eigenvalue weighted by Crippen LogP contribution is 2.26. The fourth-order valence-corrected chi connectivity index (χ4v) is 2.07. The molecule has 0 atom stereocenters. The molecule has 0 saturated carbocycles. The van der Waals surface area contributed by atoms with Gasteiger partial charge in [0.1, 0.15) is 6.33 Å². The second-order valence-electron chi connectivity index (χ2n) is 4.24. The van der Waals surface area contributed by atoms with Gasteiger partial charge in [-0.15, -0.1) is 0 Å². The number of aromatic carboxylic acids is 1. The fourth-order valence-electron chi connectivity index (χ4n) is 2.07. The van der Waals surface area contributed by atoms with E-state index in [9.17, 15) is 4.79 Å². The van der Waals surface area contributed by atoms with Gasteiger partial charge in [0.05, 0.1) is 11.9 Å². The monoisotopic (exact) mass is 265 g/mol. The summed E-state index contributed by atoms with van der Waals surface area (Å²) < 4.78 is 0. The van der Waals surface area contributed by atoms with Gasteiger partial charge >= 0.3 is 5.97 Å². The third-order valence-corrected chi connectivity index (χ3v) is 2.97. The smallest absolute Gasteiger partial charge is 0.356 e. The standard InChI is InChI=1S/C15H11N3O2/c19-15(20)14-13(8-16-9-17-14)18-12-7-3-5-10-4-1-2-6-11(10)12/h1-9,18H,(H,19,20). The summed E-state index contributed by atoms with van der Waals surface area (Å²) in [6, 6.07) is 13.7. The first-order valence-corrected chi connectivity index (χ1v) is 6.04. The summed E-state index contributed by atoms with van der Waals surface area (Å²) in [6.07, 6.45) is 2.68. The number of anilines is 2. The topological polar surface area (TPSA) is 75.1 Å². The number of hydrogen-bond acceptors (Lipinski definition) is 4. The molecule has 0 fully saturated rings. The van der Waals surface area contributed by atoms with Crippen molar-refractivity contribution in [2.75, 3.05) is 5.32 Å². The van der Waals surface area contributed by atoms with E-state index >= 15 is 0 Å². The van der Waals surface area contributed by atoms with Crippen LogP contribution in [0.4, 0.5) is 11.4 Å².